The summed E-state index contributed by atoms with van der Waals surface area (Å²) in [6, 6.07) is 8.29. The summed E-state index contributed by atoms with van der Waals surface area (Å²) in [6.45, 7) is 6.75. The number of hydrogen-bond donors (Lipinski definition) is 1. The van der Waals surface area contributed by atoms with Gasteiger partial charge in [-0.3, -0.25) is 0 Å². The summed E-state index contributed by atoms with van der Waals surface area (Å²) in [7, 11) is 0. The van der Waals surface area contributed by atoms with Crippen molar-refractivity contribution >= 4 is 22.4 Å². The van der Waals surface area contributed by atoms with Crippen LogP contribution in [0.4, 0.5) is 0 Å². The number of nitrogens with one attached hydrogen (secondary N) is 1. The fraction of sp³-hybridized carbons (Fsp3) is 0.333. The molecule has 0 unspecified atom stereocenters. The highest BCUT2D eigenvalue weighted by molar-refractivity contribution is 7.11. The Morgan fingerprint density at radius 2 is 2.10 bits per heavy atom. The number of hydrogen-bond acceptors (Lipinski definition) is 4. The molecule has 0 saturated carbocycles. The second-order valence-electron chi connectivity index (χ2n) is 4.71. The third kappa shape index (κ3) is 2.59. The molecule has 2 heterocycles. The fourth-order valence-electron chi connectivity index (χ4n) is 2.40. The molecule has 0 spiro atoms. The molecule has 3 aromatic rings. The largest absolute Gasteiger partial charge is 0.327 e. The van der Waals surface area contributed by atoms with E-state index in [-0.39, 0.29) is 0 Å². The van der Waals surface area contributed by atoms with E-state index in [1.165, 1.54) is 10.4 Å². The molecule has 0 saturated heterocycles. The Bertz CT molecular complexity index is 714. The van der Waals surface area contributed by atoms with Crippen LogP contribution in [0.25, 0.3) is 11.0 Å². The predicted octanol–water partition coefficient (Wildman–Crippen LogP) is 3.11. The molecular weight excluding hydrogens is 268 g/mol. The van der Waals surface area contributed by atoms with E-state index in [1.807, 2.05) is 19.2 Å². The van der Waals surface area contributed by atoms with Crippen LogP contribution >= 0.6 is 11.3 Å². The maximum Gasteiger partial charge on any atom is 0.123 e. The molecule has 3 rings (SSSR count). The Kier molecular flexibility index (Phi) is 3.80. The van der Waals surface area contributed by atoms with Crippen LogP contribution in [0, 0.1) is 6.92 Å². The third-order valence-corrected chi connectivity index (χ3v) is 4.21. The molecule has 0 bridgehead atoms. The van der Waals surface area contributed by atoms with Crippen molar-refractivity contribution in [2.24, 2.45) is 0 Å². The quantitative estimate of drug-likeness (QED) is 0.783. The normalized spacial score (nSPS) is 11.3. The van der Waals surface area contributed by atoms with Crippen molar-refractivity contribution in [3.8, 4) is 0 Å². The molecular formula is C15H18N4S. The van der Waals surface area contributed by atoms with Crippen LogP contribution in [0.2, 0.25) is 0 Å². The number of para-hydroxylation sites is 2. The molecule has 0 aliphatic rings. The minimum Gasteiger partial charge on any atom is -0.327 e. The molecule has 104 valence electrons. The molecule has 1 aromatic carbocycles. The van der Waals surface area contributed by atoms with E-state index in [0.29, 0.717) is 0 Å². The highest BCUT2D eigenvalue weighted by Gasteiger charge is 2.08. The zero-order valence-electron chi connectivity index (χ0n) is 11.8. The summed E-state index contributed by atoms with van der Waals surface area (Å²) in [4.78, 5) is 10.2. The fourth-order valence-corrected chi connectivity index (χ4v) is 3.16. The molecule has 0 amide bonds. The van der Waals surface area contributed by atoms with E-state index in [2.05, 4.69) is 40.0 Å². The molecule has 5 heteroatoms. The van der Waals surface area contributed by atoms with Crippen LogP contribution in [-0.2, 0) is 19.6 Å². The summed E-state index contributed by atoms with van der Waals surface area (Å²) in [5.41, 5.74) is 2.28. The highest BCUT2D eigenvalue weighted by atomic mass is 32.1. The van der Waals surface area contributed by atoms with Gasteiger partial charge in [0.25, 0.3) is 0 Å². The highest BCUT2D eigenvalue weighted by Crippen LogP contribution is 2.16. The van der Waals surface area contributed by atoms with Crippen LogP contribution in [0.5, 0.6) is 0 Å². The Labute approximate surface area is 122 Å². The average Bonchev–Trinajstić information content (AvgIpc) is 3.02. The molecule has 20 heavy (non-hydrogen) atoms. The molecule has 0 aliphatic heterocycles. The first-order valence-corrected chi connectivity index (χ1v) is 7.65. The number of thiazole rings is 1. The number of rotatable bonds is 5. The summed E-state index contributed by atoms with van der Waals surface area (Å²) >= 11 is 1.74. The van der Waals surface area contributed by atoms with Crippen molar-refractivity contribution in [1.82, 2.24) is 19.9 Å². The maximum absolute atomic E-state index is 4.71. The monoisotopic (exact) mass is 286 g/mol. The van der Waals surface area contributed by atoms with Gasteiger partial charge in [0.15, 0.2) is 0 Å². The third-order valence-electron chi connectivity index (χ3n) is 3.30. The van der Waals surface area contributed by atoms with Gasteiger partial charge in [-0.05, 0) is 26.0 Å². The van der Waals surface area contributed by atoms with Crippen molar-refractivity contribution in [2.45, 2.75) is 33.5 Å². The summed E-state index contributed by atoms with van der Waals surface area (Å²) < 4.78 is 2.26. The maximum atomic E-state index is 4.71. The van der Waals surface area contributed by atoms with Crippen LogP contribution in [0.1, 0.15) is 22.6 Å². The van der Waals surface area contributed by atoms with Gasteiger partial charge in [0.2, 0.25) is 0 Å². The van der Waals surface area contributed by atoms with Gasteiger partial charge in [-0.15, -0.1) is 11.3 Å². The number of imidazole rings is 1. The Morgan fingerprint density at radius 1 is 1.25 bits per heavy atom. The van der Waals surface area contributed by atoms with Crippen molar-refractivity contribution in [3.05, 3.63) is 46.2 Å². The first kappa shape index (κ1) is 13.3. The number of fused-ring (bicyclic) bond motifs is 1. The lowest BCUT2D eigenvalue weighted by atomic mass is 10.3. The van der Waals surface area contributed by atoms with Crippen LogP contribution < -0.4 is 5.32 Å². The van der Waals surface area contributed by atoms with Gasteiger partial charge in [0, 0.05) is 24.2 Å². The Morgan fingerprint density at radius 3 is 2.85 bits per heavy atom. The molecule has 0 fully saturated rings. The second-order valence-corrected chi connectivity index (χ2v) is 6.03. The molecule has 0 atom stereocenters. The number of aryl methyl sites for hydroxylation is 2. The van der Waals surface area contributed by atoms with Gasteiger partial charge < -0.3 is 9.88 Å². The van der Waals surface area contributed by atoms with E-state index in [9.17, 15) is 0 Å². The standard InChI is InChI=1S/C15H18N4S/c1-3-19-14-7-5-4-6-13(14)18-15(19)10-16-8-12-9-17-11(2)20-12/h4-7,9,16H,3,8,10H2,1-2H3. The zero-order valence-corrected chi connectivity index (χ0v) is 12.6. The Balaban J connectivity index is 1.73. The van der Waals surface area contributed by atoms with E-state index < -0.39 is 0 Å². The number of benzene rings is 1. The van der Waals surface area contributed by atoms with Crippen LogP contribution in [0.3, 0.4) is 0 Å². The average molecular weight is 286 g/mol. The summed E-state index contributed by atoms with van der Waals surface area (Å²) in [6.07, 6.45) is 1.94. The van der Waals surface area contributed by atoms with Gasteiger partial charge in [-0.25, -0.2) is 9.97 Å². The van der Waals surface area contributed by atoms with Gasteiger partial charge >= 0.3 is 0 Å². The van der Waals surface area contributed by atoms with Gasteiger partial charge in [0.1, 0.15) is 5.82 Å². The lowest BCUT2D eigenvalue weighted by Gasteiger charge is -2.06. The summed E-state index contributed by atoms with van der Waals surface area (Å²) in [5, 5.41) is 4.57. The van der Waals surface area contributed by atoms with Gasteiger partial charge in [-0.2, -0.15) is 0 Å². The molecule has 2 aromatic heterocycles. The van der Waals surface area contributed by atoms with E-state index in [0.717, 1.165) is 36.0 Å². The first-order valence-electron chi connectivity index (χ1n) is 6.84. The van der Waals surface area contributed by atoms with Crippen molar-refractivity contribution in [2.75, 3.05) is 0 Å². The van der Waals surface area contributed by atoms with Crippen LogP contribution in [0.15, 0.2) is 30.5 Å². The molecule has 1 N–H and O–H groups in total. The van der Waals surface area contributed by atoms with Gasteiger partial charge in [0.05, 0.1) is 22.6 Å². The molecule has 0 radical (unpaired) electrons. The smallest absolute Gasteiger partial charge is 0.123 e. The lowest BCUT2D eigenvalue weighted by Crippen LogP contribution is -2.16. The van der Waals surface area contributed by atoms with Crippen molar-refractivity contribution in [3.63, 3.8) is 0 Å². The van der Waals surface area contributed by atoms with E-state index in [1.54, 1.807) is 11.3 Å². The number of nitrogens with zero attached hydrogens (tertiary/aromatic N) is 3. The van der Waals surface area contributed by atoms with Crippen molar-refractivity contribution in [1.29, 1.82) is 0 Å². The first-order chi connectivity index (χ1) is 9.78. The minimum atomic E-state index is 0.777. The minimum absolute atomic E-state index is 0.777. The molecule has 4 nitrogen and oxygen atoms in total. The molecule has 0 aliphatic carbocycles. The van der Waals surface area contributed by atoms with Crippen LogP contribution in [-0.4, -0.2) is 14.5 Å². The number of aromatic nitrogens is 3. The predicted molar refractivity (Wildman–Crippen MR) is 82.8 cm³/mol. The second kappa shape index (κ2) is 5.73. The SMILES string of the molecule is CCn1c(CNCc2cnc(C)s2)nc2ccccc21. The van der Waals surface area contributed by atoms with Crippen molar-refractivity contribution < 1.29 is 0 Å². The topological polar surface area (TPSA) is 42.7 Å². The van der Waals surface area contributed by atoms with E-state index in [4.69, 9.17) is 4.98 Å². The lowest BCUT2D eigenvalue weighted by molar-refractivity contribution is 0.624. The van der Waals surface area contributed by atoms with E-state index >= 15 is 0 Å². The summed E-state index contributed by atoms with van der Waals surface area (Å²) in [5.74, 6) is 1.09. The Hall–Kier alpha value is -1.72. The zero-order chi connectivity index (χ0) is 13.9. The van der Waals surface area contributed by atoms with Gasteiger partial charge in [-0.1, -0.05) is 12.1 Å².